The van der Waals surface area contributed by atoms with Crippen molar-refractivity contribution in [3.05, 3.63) is 46.9 Å². The fourth-order valence-electron chi connectivity index (χ4n) is 3.40. The Labute approximate surface area is 186 Å². The van der Waals surface area contributed by atoms with Crippen LogP contribution in [0.3, 0.4) is 0 Å². The summed E-state index contributed by atoms with van der Waals surface area (Å²) in [6.07, 6.45) is 0.684. The highest BCUT2D eigenvalue weighted by Crippen LogP contribution is 2.28. The summed E-state index contributed by atoms with van der Waals surface area (Å²) < 4.78 is 15.4. The molecule has 1 atom stereocenters. The number of anilines is 2. The number of carbonyl (C=O) groups is 1. The van der Waals surface area contributed by atoms with Gasteiger partial charge in [0.25, 0.3) is 0 Å². The van der Waals surface area contributed by atoms with Gasteiger partial charge in [0.2, 0.25) is 0 Å². The maximum atomic E-state index is 14.5. The largest absolute Gasteiger partial charge is 0.394 e. The first-order valence-electron chi connectivity index (χ1n) is 9.73. The lowest BCUT2D eigenvalue weighted by Gasteiger charge is -2.35. The number of benzene rings is 1. The van der Waals surface area contributed by atoms with E-state index in [1.807, 2.05) is 0 Å². The molecule has 0 bridgehead atoms. The number of hydrogen-bond acceptors (Lipinski definition) is 7. The van der Waals surface area contributed by atoms with Gasteiger partial charge in [-0.25, -0.2) is 19.2 Å². The van der Waals surface area contributed by atoms with Gasteiger partial charge in [0.15, 0.2) is 16.8 Å². The summed E-state index contributed by atoms with van der Waals surface area (Å²) in [5.41, 5.74) is 1.28. The molecule has 1 aliphatic heterocycles. The Morgan fingerprint density at radius 2 is 2.06 bits per heavy atom. The van der Waals surface area contributed by atoms with E-state index in [0.29, 0.717) is 41.9 Å². The summed E-state index contributed by atoms with van der Waals surface area (Å²) >= 11 is 7.35. The van der Waals surface area contributed by atoms with Crippen molar-refractivity contribution < 1.29 is 19.4 Å². The molecule has 3 N–H and O–H groups in total. The number of halogens is 2. The van der Waals surface area contributed by atoms with Gasteiger partial charge in [-0.2, -0.15) is 0 Å². The summed E-state index contributed by atoms with van der Waals surface area (Å²) in [6, 6.07) is 6.43. The number of rotatable bonds is 5. The van der Waals surface area contributed by atoms with Gasteiger partial charge < -0.3 is 20.0 Å². The molecule has 2 aromatic heterocycles. The maximum absolute atomic E-state index is 14.5. The van der Waals surface area contributed by atoms with Crippen molar-refractivity contribution in [3.8, 4) is 0 Å². The van der Waals surface area contributed by atoms with Gasteiger partial charge in [-0.1, -0.05) is 22.9 Å². The number of nitrogens with zero attached hydrogens (tertiary/aromatic N) is 4. The average Bonchev–Trinajstić information content (AvgIpc) is 3.15. The van der Waals surface area contributed by atoms with Crippen LogP contribution in [-0.2, 0) is 6.42 Å². The van der Waals surface area contributed by atoms with Gasteiger partial charge in [0, 0.05) is 43.8 Å². The number of thiazole rings is 1. The molecule has 4 rings (SSSR count). The topological polar surface area (TPSA) is 102 Å². The summed E-state index contributed by atoms with van der Waals surface area (Å²) in [7, 11) is 0. The van der Waals surface area contributed by atoms with Crippen molar-refractivity contribution in [1.82, 2.24) is 14.9 Å². The number of fused-ring (bicyclic) bond motifs is 1. The average molecular weight is 466 g/mol. The molecule has 3 aromatic rings. The molecule has 31 heavy (non-hydrogen) atoms. The van der Waals surface area contributed by atoms with Crippen LogP contribution in [0.4, 0.5) is 20.1 Å². The predicted molar refractivity (Wildman–Crippen MR) is 118 cm³/mol. The molecule has 164 valence electrons. The first-order chi connectivity index (χ1) is 14.9. The lowest BCUT2D eigenvalue weighted by atomic mass is 10.1. The highest BCUT2D eigenvalue weighted by atomic mass is 35.5. The number of aliphatic hydroxyl groups is 2. The smallest absolute Gasteiger partial charge is 0.323 e. The van der Waals surface area contributed by atoms with E-state index in [0.717, 1.165) is 10.2 Å². The molecule has 1 aliphatic rings. The second kappa shape index (κ2) is 9.31. The number of piperazine rings is 1. The monoisotopic (exact) mass is 465 g/mol. The van der Waals surface area contributed by atoms with E-state index in [-0.39, 0.29) is 18.3 Å². The second-order valence-electron chi connectivity index (χ2n) is 7.22. The van der Waals surface area contributed by atoms with Crippen LogP contribution in [0.2, 0.25) is 5.02 Å². The molecule has 0 aliphatic carbocycles. The molecule has 0 radical (unpaired) electrons. The zero-order valence-electron chi connectivity index (χ0n) is 16.5. The number of pyridine rings is 1. The fraction of sp³-hybridized carbons (Fsp3) is 0.350. The molecule has 1 aromatic carbocycles. The van der Waals surface area contributed by atoms with Crippen LogP contribution in [0.15, 0.2) is 30.5 Å². The molecule has 11 heteroatoms. The summed E-state index contributed by atoms with van der Waals surface area (Å²) in [6.45, 7) is 1.30. The van der Waals surface area contributed by atoms with Crippen LogP contribution in [-0.4, -0.2) is 70.0 Å². The molecule has 2 amide bonds. The summed E-state index contributed by atoms with van der Waals surface area (Å²) in [5, 5.41) is 22.3. The van der Waals surface area contributed by atoms with Crippen molar-refractivity contribution in [2.45, 2.75) is 12.5 Å². The minimum absolute atomic E-state index is 0.132. The standard InChI is InChI=1S/C20H21ClFN5O3S/c21-13-1-2-16-17(9-13)31-19(24-16)25-20(30)27-5-3-26(4-6-27)18-15(22)8-12(10-23-18)7-14(29)11-28/h1-2,8-10,14,28-29H,3-7,11H2,(H,24,25,30). The zero-order chi connectivity index (χ0) is 22.0. The van der Waals surface area contributed by atoms with Gasteiger partial charge >= 0.3 is 6.03 Å². The zero-order valence-corrected chi connectivity index (χ0v) is 18.0. The first-order valence-corrected chi connectivity index (χ1v) is 10.9. The molecule has 1 fully saturated rings. The molecule has 0 spiro atoms. The predicted octanol–water partition coefficient (Wildman–Crippen LogP) is 2.73. The van der Waals surface area contributed by atoms with E-state index in [4.69, 9.17) is 16.7 Å². The van der Waals surface area contributed by atoms with Gasteiger partial charge in [0.1, 0.15) is 0 Å². The number of nitrogens with one attached hydrogen (secondary N) is 1. The maximum Gasteiger partial charge on any atom is 0.323 e. The third-order valence-corrected chi connectivity index (χ3v) is 6.16. The van der Waals surface area contributed by atoms with Gasteiger partial charge in [-0.05, 0) is 29.8 Å². The van der Waals surface area contributed by atoms with Gasteiger partial charge in [-0.3, -0.25) is 5.32 Å². The Hall–Kier alpha value is -2.53. The summed E-state index contributed by atoms with van der Waals surface area (Å²) in [5.74, 6) is -0.279. The molecule has 0 saturated carbocycles. The third-order valence-electron chi connectivity index (χ3n) is 4.99. The number of carbonyl (C=O) groups excluding carboxylic acids is 1. The van der Waals surface area contributed by atoms with Crippen molar-refractivity contribution in [3.63, 3.8) is 0 Å². The second-order valence-corrected chi connectivity index (χ2v) is 8.69. The van der Waals surface area contributed by atoms with E-state index in [9.17, 15) is 14.3 Å². The molecule has 1 unspecified atom stereocenters. The molecule has 3 heterocycles. The number of hydrogen-bond donors (Lipinski definition) is 3. The highest BCUT2D eigenvalue weighted by Gasteiger charge is 2.24. The van der Waals surface area contributed by atoms with Crippen molar-refractivity contribution in [1.29, 1.82) is 0 Å². The Bertz CT molecular complexity index is 1090. The fourth-order valence-corrected chi connectivity index (χ4v) is 4.53. The highest BCUT2D eigenvalue weighted by molar-refractivity contribution is 7.22. The number of amides is 2. The number of aliphatic hydroxyl groups excluding tert-OH is 2. The Balaban J connectivity index is 1.35. The van der Waals surface area contributed by atoms with E-state index in [1.54, 1.807) is 28.0 Å². The number of urea groups is 1. The first kappa shape index (κ1) is 21.7. The molecular weight excluding hydrogens is 445 g/mol. The van der Waals surface area contributed by atoms with Crippen molar-refractivity contribution in [2.24, 2.45) is 0 Å². The normalized spacial score (nSPS) is 15.4. The van der Waals surface area contributed by atoms with Gasteiger partial charge in [0.05, 0.1) is 22.9 Å². The van der Waals surface area contributed by atoms with Crippen LogP contribution in [0, 0.1) is 5.82 Å². The minimum Gasteiger partial charge on any atom is -0.394 e. The SMILES string of the molecule is O=C(Nc1nc2ccc(Cl)cc2s1)N1CCN(c2ncc(CC(O)CO)cc2F)CC1. The summed E-state index contributed by atoms with van der Waals surface area (Å²) in [4.78, 5) is 24.6. The minimum atomic E-state index is -0.943. The van der Waals surface area contributed by atoms with E-state index >= 15 is 0 Å². The third kappa shape index (κ3) is 5.04. The number of aromatic nitrogens is 2. The lowest BCUT2D eigenvalue weighted by Crippen LogP contribution is -2.50. The lowest BCUT2D eigenvalue weighted by molar-refractivity contribution is 0.0954. The van der Waals surface area contributed by atoms with Crippen molar-refractivity contribution in [2.75, 3.05) is 43.0 Å². The molecular formula is C20H21ClFN5O3S. The van der Waals surface area contributed by atoms with Crippen LogP contribution >= 0.6 is 22.9 Å². The van der Waals surface area contributed by atoms with Gasteiger partial charge in [-0.15, -0.1) is 0 Å². The van der Waals surface area contributed by atoms with Crippen LogP contribution < -0.4 is 10.2 Å². The molecule has 1 saturated heterocycles. The van der Waals surface area contributed by atoms with Crippen LogP contribution in [0.5, 0.6) is 0 Å². The Morgan fingerprint density at radius 1 is 1.29 bits per heavy atom. The van der Waals surface area contributed by atoms with Crippen LogP contribution in [0.1, 0.15) is 5.56 Å². The van der Waals surface area contributed by atoms with Crippen LogP contribution in [0.25, 0.3) is 10.2 Å². The molecule has 8 nitrogen and oxygen atoms in total. The quantitative estimate of drug-likeness (QED) is 0.535. The van der Waals surface area contributed by atoms with E-state index < -0.39 is 18.5 Å². The van der Waals surface area contributed by atoms with E-state index in [1.165, 1.54) is 23.6 Å². The Kier molecular flexibility index (Phi) is 6.51. The van der Waals surface area contributed by atoms with Crippen molar-refractivity contribution >= 4 is 50.1 Å². The Morgan fingerprint density at radius 3 is 2.77 bits per heavy atom. The van der Waals surface area contributed by atoms with E-state index in [2.05, 4.69) is 15.3 Å².